The Bertz CT molecular complexity index is 488. The number of hydrogen-bond acceptors (Lipinski definition) is 2. The van der Waals surface area contributed by atoms with E-state index < -0.39 is 0 Å². The lowest BCUT2D eigenvalue weighted by atomic mass is 10.0. The number of rotatable bonds is 4. The van der Waals surface area contributed by atoms with E-state index in [-0.39, 0.29) is 0 Å². The highest BCUT2D eigenvalue weighted by atomic mass is 15.3. The van der Waals surface area contributed by atoms with Gasteiger partial charge in [-0.1, -0.05) is 29.8 Å². The van der Waals surface area contributed by atoms with Crippen LogP contribution in [0.15, 0.2) is 36.7 Å². The maximum absolute atomic E-state index is 4.33. The fraction of sp³-hybridized carbons (Fsp3) is 0.357. The van der Waals surface area contributed by atoms with Crippen molar-refractivity contribution in [1.29, 1.82) is 0 Å². The van der Waals surface area contributed by atoms with Gasteiger partial charge in [-0.05, 0) is 32.0 Å². The first-order chi connectivity index (χ1) is 8.19. The van der Waals surface area contributed by atoms with Crippen molar-refractivity contribution in [3.05, 3.63) is 53.3 Å². The van der Waals surface area contributed by atoms with Crippen LogP contribution in [0.1, 0.15) is 22.7 Å². The lowest BCUT2D eigenvalue weighted by Gasteiger charge is -2.17. The first kappa shape index (κ1) is 11.9. The fourth-order valence-corrected chi connectivity index (χ4v) is 2.00. The molecule has 0 spiro atoms. The average Bonchev–Trinajstić information content (AvgIpc) is 2.72. The van der Waals surface area contributed by atoms with Crippen molar-refractivity contribution in [3.8, 4) is 0 Å². The summed E-state index contributed by atoms with van der Waals surface area (Å²) in [5, 5.41) is 7.67. The zero-order chi connectivity index (χ0) is 12.3. The lowest BCUT2D eigenvalue weighted by molar-refractivity contribution is 0.468. The monoisotopic (exact) mass is 229 g/mol. The summed E-state index contributed by atoms with van der Waals surface area (Å²) in [5.74, 6) is 0. The standard InChI is InChI=1S/C14H19N3/c1-11-5-4-6-13(7-11)14(15-3)10-17-9-12(2)8-16-17/h4-9,14-15H,10H2,1-3H3. The van der Waals surface area contributed by atoms with Gasteiger partial charge in [0.25, 0.3) is 0 Å². The molecule has 1 heterocycles. The zero-order valence-electron chi connectivity index (χ0n) is 10.6. The van der Waals surface area contributed by atoms with Crippen LogP contribution in [0.2, 0.25) is 0 Å². The molecule has 0 aliphatic carbocycles. The Labute approximate surface area is 102 Å². The van der Waals surface area contributed by atoms with E-state index in [0.717, 1.165) is 6.54 Å². The molecule has 0 aliphatic rings. The Kier molecular flexibility index (Phi) is 3.59. The highest BCUT2D eigenvalue weighted by Gasteiger charge is 2.10. The first-order valence-corrected chi connectivity index (χ1v) is 5.92. The van der Waals surface area contributed by atoms with E-state index in [1.165, 1.54) is 16.7 Å². The maximum Gasteiger partial charge on any atom is 0.0604 e. The average molecular weight is 229 g/mol. The van der Waals surface area contributed by atoms with Gasteiger partial charge in [0.2, 0.25) is 0 Å². The van der Waals surface area contributed by atoms with Crippen LogP contribution in [0.4, 0.5) is 0 Å². The van der Waals surface area contributed by atoms with Crippen LogP contribution < -0.4 is 5.32 Å². The van der Waals surface area contributed by atoms with E-state index in [1.54, 1.807) is 0 Å². The van der Waals surface area contributed by atoms with Gasteiger partial charge in [-0.15, -0.1) is 0 Å². The smallest absolute Gasteiger partial charge is 0.0604 e. The van der Waals surface area contributed by atoms with Crippen molar-refractivity contribution >= 4 is 0 Å². The highest BCUT2D eigenvalue weighted by molar-refractivity contribution is 5.25. The number of aryl methyl sites for hydroxylation is 2. The van der Waals surface area contributed by atoms with E-state index in [1.807, 2.05) is 17.9 Å². The van der Waals surface area contributed by atoms with Gasteiger partial charge in [0.1, 0.15) is 0 Å². The Balaban J connectivity index is 2.16. The predicted octanol–water partition coefficient (Wildman–Crippen LogP) is 2.46. The highest BCUT2D eigenvalue weighted by Crippen LogP contribution is 2.16. The van der Waals surface area contributed by atoms with Gasteiger partial charge in [0.05, 0.1) is 18.8 Å². The SMILES string of the molecule is CNC(Cn1cc(C)cn1)c1cccc(C)c1. The summed E-state index contributed by atoms with van der Waals surface area (Å²) in [7, 11) is 1.99. The van der Waals surface area contributed by atoms with Gasteiger partial charge < -0.3 is 5.32 Å². The number of hydrogen-bond donors (Lipinski definition) is 1. The molecule has 2 rings (SSSR count). The molecule has 1 aromatic carbocycles. The predicted molar refractivity (Wildman–Crippen MR) is 69.9 cm³/mol. The topological polar surface area (TPSA) is 29.9 Å². The second kappa shape index (κ2) is 5.15. The van der Waals surface area contributed by atoms with Crippen LogP contribution in [0.3, 0.4) is 0 Å². The van der Waals surface area contributed by atoms with Crippen molar-refractivity contribution in [2.24, 2.45) is 0 Å². The third-order valence-corrected chi connectivity index (χ3v) is 2.92. The molecule has 2 aromatic rings. The number of aromatic nitrogens is 2. The van der Waals surface area contributed by atoms with E-state index >= 15 is 0 Å². The molecule has 1 unspecified atom stereocenters. The summed E-state index contributed by atoms with van der Waals surface area (Å²) in [6.07, 6.45) is 3.96. The molecule has 90 valence electrons. The zero-order valence-corrected chi connectivity index (χ0v) is 10.6. The molecule has 0 saturated carbocycles. The molecule has 0 radical (unpaired) electrons. The van der Waals surface area contributed by atoms with Crippen LogP contribution in [-0.2, 0) is 6.54 Å². The molecular formula is C14H19N3. The number of nitrogens with one attached hydrogen (secondary N) is 1. The van der Waals surface area contributed by atoms with E-state index in [4.69, 9.17) is 0 Å². The summed E-state index contributed by atoms with van der Waals surface area (Å²) in [6, 6.07) is 8.90. The molecular weight excluding hydrogens is 210 g/mol. The Morgan fingerprint density at radius 3 is 2.71 bits per heavy atom. The van der Waals surface area contributed by atoms with E-state index in [9.17, 15) is 0 Å². The van der Waals surface area contributed by atoms with E-state index in [0.29, 0.717) is 6.04 Å². The molecule has 1 aromatic heterocycles. The molecule has 0 aliphatic heterocycles. The van der Waals surface area contributed by atoms with Gasteiger partial charge in [0.15, 0.2) is 0 Å². The quantitative estimate of drug-likeness (QED) is 0.872. The van der Waals surface area contributed by atoms with Gasteiger partial charge in [-0.2, -0.15) is 5.10 Å². The molecule has 0 bridgehead atoms. The van der Waals surface area contributed by atoms with Gasteiger partial charge in [0, 0.05) is 6.20 Å². The van der Waals surface area contributed by atoms with Crippen molar-refractivity contribution in [2.45, 2.75) is 26.4 Å². The number of likely N-dealkylation sites (N-methyl/N-ethyl adjacent to an activating group) is 1. The van der Waals surface area contributed by atoms with Gasteiger partial charge in [-0.3, -0.25) is 4.68 Å². The minimum Gasteiger partial charge on any atom is -0.311 e. The van der Waals surface area contributed by atoms with Gasteiger partial charge >= 0.3 is 0 Å². The second-order valence-corrected chi connectivity index (χ2v) is 4.50. The fourth-order valence-electron chi connectivity index (χ4n) is 2.00. The normalized spacial score (nSPS) is 12.6. The van der Waals surface area contributed by atoms with Crippen molar-refractivity contribution < 1.29 is 0 Å². The van der Waals surface area contributed by atoms with Crippen LogP contribution in [0.5, 0.6) is 0 Å². The first-order valence-electron chi connectivity index (χ1n) is 5.92. The third-order valence-electron chi connectivity index (χ3n) is 2.92. The van der Waals surface area contributed by atoms with Crippen LogP contribution in [0, 0.1) is 13.8 Å². The summed E-state index contributed by atoms with van der Waals surface area (Å²) in [4.78, 5) is 0. The summed E-state index contributed by atoms with van der Waals surface area (Å²) < 4.78 is 1.98. The molecule has 0 amide bonds. The van der Waals surface area contributed by atoms with Crippen LogP contribution in [0.25, 0.3) is 0 Å². The largest absolute Gasteiger partial charge is 0.311 e. The minimum atomic E-state index is 0.300. The third kappa shape index (κ3) is 2.94. The molecule has 3 heteroatoms. The Morgan fingerprint density at radius 1 is 1.29 bits per heavy atom. The molecule has 0 saturated heterocycles. The van der Waals surface area contributed by atoms with Crippen LogP contribution >= 0.6 is 0 Å². The maximum atomic E-state index is 4.33. The molecule has 17 heavy (non-hydrogen) atoms. The van der Waals surface area contributed by atoms with E-state index in [2.05, 4.69) is 54.7 Å². The second-order valence-electron chi connectivity index (χ2n) is 4.50. The van der Waals surface area contributed by atoms with Crippen molar-refractivity contribution in [1.82, 2.24) is 15.1 Å². The Morgan fingerprint density at radius 2 is 2.12 bits per heavy atom. The summed E-state index contributed by atoms with van der Waals surface area (Å²) >= 11 is 0. The summed E-state index contributed by atoms with van der Waals surface area (Å²) in [5.41, 5.74) is 3.80. The summed E-state index contributed by atoms with van der Waals surface area (Å²) in [6.45, 7) is 5.03. The Hall–Kier alpha value is -1.61. The van der Waals surface area contributed by atoms with Crippen LogP contribution in [-0.4, -0.2) is 16.8 Å². The lowest BCUT2D eigenvalue weighted by Crippen LogP contribution is -2.22. The minimum absolute atomic E-state index is 0.300. The number of nitrogens with zero attached hydrogens (tertiary/aromatic N) is 2. The van der Waals surface area contributed by atoms with Crippen molar-refractivity contribution in [2.75, 3.05) is 7.05 Å². The molecule has 0 fully saturated rings. The molecule has 1 N–H and O–H groups in total. The molecule has 3 nitrogen and oxygen atoms in total. The number of benzene rings is 1. The van der Waals surface area contributed by atoms with Crippen molar-refractivity contribution in [3.63, 3.8) is 0 Å². The van der Waals surface area contributed by atoms with Gasteiger partial charge in [-0.25, -0.2) is 0 Å². The molecule has 1 atom stereocenters.